The average Bonchev–Trinajstić information content (AvgIpc) is 2.81. The summed E-state index contributed by atoms with van der Waals surface area (Å²) in [7, 11) is 0. The molecule has 1 aromatic carbocycles. The number of amides is 3. The first-order valence-corrected chi connectivity index (χ1v) is 13.1. The fraction of sp³-hybridized carbons (Fsp3) is 0.643. The Morgan fingerprint density at radius 1 is 1.03 bits per heavy atom. The molecule has 0 aliphatic rings. The van der Waals surface area contributed by atoms with Gasteiger partial charge in [-0.15, -0.1) is 0 Å². The van der Waals surface area contributed by atoms with Crippen LogP contribution in [-0.2, 0) is 23.9 Å². The zero-order chi connectivity index (χ0) is 28.2. The maximum atomic E-state index is 14.0. The number of nitrogens with one attached hydrogen (secondary N) is 2. The van der Waals surface area contributed by atoms with Crippen molar-refractivity contribution in [3.05, 3.63) is 35.4 Å². The molecule has 0 heterocycles. The van der Waals surface area contributed by atoms with Crippen molar-refractivity contribution in [3.8, 4) is 0 Å². The van der Waals surface area contributed by atoms with Crippen molar-refractivity contribution in [1.29, 1.82) is 0 Å². The molecular formula is C28H45N3O6. The maximum absolute atomic E-state index is 14.0. The highest BCUT2D eigenvalue weighted by atomic mass is 16.6. The SMILES string of the molecule is CCCN(C(=O)C(NC(=O)OC(C)(C)C)C(C)CC)C(C(=O)NCCC(=O)OCC)c1ccc(C)cc1. The van der Waals surface area contributed by atoms with Crippen molar-refractivity contribution in [1.82, 2.24) is 15.5 Å². The number of hydrogen-bond acceptors (Lipinski definition) is 6. The van der Waals surface area contributed by atoms with Gasteiger partial charge in [-0.2, -0.15) is 0 Å². The van der Waals surface area contributed by atoms with Crippen molar-refractivity contribution in [2.75, 3.05) is 19.7 Å². The molecule has 0 fully saturated rings. The Balaban J connectivity index is 3.35. The number of esters is 1. The summed E-state index contributed by atoms with van der Waals surface area (Å²) in [6.45, 7) is 15.3. The molecule has 3 unspecified atom stereocenters. The first kappa shape index (κ1) is 31.9. The van der Waals surface area contributed by atoms with E-state index in [9.17, 15) is 19.2 Å². The first-order chi connectivity index (χ1) is 17.3. The van der Waals surface area contributed by atoms with E-state index in [0.717, 1.165) is 5.56 Å². The quantitative estimate of drug-likeness (QED) is 0.376. The Morgan fingerprint density at radius 3 is 2.16 bits per heavy atom. The number of carbonyl (C=O) groups is 4. The predicted octanol–water partition coefficient (Wildman–Crippen LogP) is 4.28. The second kappa shape index (κ2) is 15.2. The van der Waals surface area contributed by atoms with E-state index < -0.39 is 35.7 Å². The number of hydrogen-bond donors (Lipinski definition) is 2. The highest BCUT2D eigenvalue weighted by Gasteiger charge is 2.37. The molecule has 208 valence electrons. The van der Waals surface area contributed by atoms with Crippen LogP contribution in [0.25, 0.3) is 0 Å². The van der Waals surface area contributed by atoms with E-state index in [-0.39, 0.29) is 31.4 Å². The van der Waals surface area contributed by atoms with Crippen LogP contribution in [0.15, 0.2) is 24.3 Å². The third-order valence-electron chi connectivity index (χ3n) is 5.79. The van der Waals surface area contributed by atoms with Gasteiger partial charge in [0.25, 0.3) is 0 Å². The second-order valence-corrected chi connectivity index (χ2v) is 10.2. The summed E-state index contributed by atoms with van der Waals surface area (Å²) in [5, 5.41) is 5.53. The molecule has 2 N–H and O–H groups in total. The van der Waals surface area contributed by atoms with Gasteiger partial charge in [-0.25, -0.2) is 4.79 Å². The Bertz CT molecular complexity index is 894. The summed E-state index contributed by atoms with van der Waals surface area (Å²) < 4.78 is 10.4. The van der Waals surface area contributed by atoms with Gasteiger partial charge in [-0.3, -0.25) is 14.4 Å². The minimum Gasteiger partial charge on any atom is -0.466 e. The minimum atomic E-state index is -0.942. The Labute approximate surface area is 221 Å². The van der Waals surface area contributed by atoms with E-state index >= 15 is 0 Å². The maximum Gasteiger partial charge on any atom is 0.408 e. The summed E-state index contributed by atoms with van der Waals surface area (Å²) in [6.07, 6.45) is 0.572. The monoisotopic (exact) mass is 519 g/mol. The number of rotatable bonds is 13. The molecule has 0 spiro atoms. The summed E-state index contributed by atoms with van der Waals surface area (Å²) in [5.41, 5.74) is 0.934. The van der Waals surface area contributed by atoms with Crippen LogP contribution in [0.5, 0.6) is 0 Å². The normalized spacial score (nSPS) is 13.6. The molecule has 0 aliphatic carbocycles. The Morgan fingerprint density at radius 2 is 1.65 bits per heavy atom. The summed E-state index contributed by atoms with van der Waals surface area (Å²) in [6, 6.07) is 5.58. The Kier molecular flexibility index (Phi) is 13.1. The molecule has 0 aliphatic heterocycles. The van der Waals surface area contributed by atoms with Crippen LogP contribution in [0.3, 0.4) is 0 Å². The number of aryl methyl sites for hydroxylation is 1. The van der Waals surface area contributed by atoms with Crippen LogP contribution in [0.1, 0.15) is 84.9 Å². The van der Waals surface area contributed by atoms with E-state index in [1.165, 1.54) is 4.90 Å². The van der Waals surface area contributed by atoms with Gasteiger partial charge in [0.2, 0.25) is 11.8 Å². The number of alkyl carbamates (subject to hydrolysis) is 1. The highest BCUT2D eigenvalue weighted by Crippen LogP contribution is 2.25. The van der Waals surface area contributed by atoms with Crippen molar-refractivity contribution in [2.24, 2.45) is 5.92 Å². The van der Waals surface area contributed by atoms with Crippen LogP contribution >= 0.6 is 0 Å². The molecule has 3 amide bonds. The van der Waals surface area contributed by atoms with Crippen molar-refractivity contribution in [2.45, 2.75) is 92.3 Å². The van der Waals surface area contributed by atoms with Crippen molar-refractivity contribution >= 4 is 23.9 Å². The molecule has 1 aromatic rings. The minimum absolute atomic E-state index is 0.0254. The lowest BCUT2D eigenvalue weighted by Gasteiger charge is -2.36. The van der Waals surface area contributed by atoms with Crippen LogP contribution < -0.4 is 10.6 Å². The van der Waals surface area contributed by atoms with Crippen LogP contribution in [0, 0.1) is 12.8 Å². The van der Waals surface area contributed by atoms with Gasteiger partial charge in [-0.05, 0) is 52.5 Å². The summed E-state index contributed by atoms with van der Waals surface area (Å²) in [5.74, 6) is -1.39. The van der Waals surface area contributed by atoms with E-state index in [4.69, 9.17) is 9.47 Å². The number of ether oxygens (including phenoxy) is 2. The Hall–Kier alpha value is -3.10. The topological polar surface area (TPSA) is 114 Å². The second-order valence-electron chi connectivity index (χ2n) is 10.2. The molecule has 0 aromatic heterocycles. The molecule has 0 radical (unpaired) electrons. The molecule has 1 rings (SSSR count). The molecular weight excluding hydrogens is 474 g/mol. The van der Waals surface area contributed by atoms with Gasteiger partial charge in [-0.1, -0.05) is 57.0 Å². The lowest BCUT2D eigenvalue weighted by atomic mass is 9.95. The molecule has 0 saturated heterocycles. The fourth-order valence-electron chi connectivity index (χ4n) is 3.74. The zero-order valence-corrected chi connectivity index (χ0v) is 23.7. The van der Waals surface area contributed by atoms with Gasteiger partial charge in [0.1, 0.15) is 17.7 Å². The van der Waals surface area contributed by atoms with Gasteiger partial charge in [0, 0.05) is 13.1 Å². The molecule has 9 nitrogen and oxygen atoms in total. The van der Waals surface area contributed by atoms with Gasteiger partial charge < -0.3 is 25.0 Å². The van der Waals surface area contributed by atoms with Crippen LogP contribution in [0.4, 0.5) is 4.79 Å². The third kappa shape index (κ3) is 10.8. The van der Waals surface area contributed by atoms with Crippen LogP contribution in [0.2, 0.25) is 0 Å². The first-order valence-electron chi connectivity index (χ1n) is 13.1. The predicted molar refractivity (Wildman–Crippen MR) is 143 cm³/mol. The molecule has 0 bridgehead atoms. The lowest BCUT2D eigenvalue weighted by molar-refractivity contribution is -0.145. The number of nitrogens with zero attached hydrogens (tertiary/aromatic N) is 1. The van der Waals surface area contributed by atoms with E-state index in [0.29, 0.717) is 24.9 Å². The fourth-order valence-corrected chi connectivity index (χ4v) is 3.74. The number of carbonyl (C=O) groups excluding carboxylic acids is 4. The molecule has 37 heavy (non-hydrogen) atoms. The molecule has 9 heteroatoms. The van der Waals surface area contributed by atoms with Crippen LogP contribution in [-0.4, -0.2) is 60.1 Å². The average molecular weight is 520 g/mol. The summed E-state index contributed by atoms with van der Waals surface area (Å²) >= 11 is 0. The molecule has 0 saturated carbocycles. The lowest BCUT2D eigenvalue weighted by Crippen LogP contribution is -2.55. The van der Waals surface area contributed by atoms with Gasteiger partial charge in [0.15, 0.2) is 0 Å². The highest BCUT2D eigenvalue weighted by molar-refractivity contribution is 5.92. The smallest absolute Gasteiger partial charge is 0.408 e. The standard InChI is InChI=1S/C28H45N3O6/c1-9-18-31(26(34)23(20(5)10-2)30-27(35)37-28(6,7)8)24(21-14-12-19(4)13-15-21)25(33)29-17-16-22(32)36-11-3/h12-15,20,23-24H,9-11,16-18H2,1-8H3,(H,29,33)(H,30,35). The van der Waals surface area contributed by atoms with Gasteiger partial charge >= 0.3 is 12.1 Å². The third-order valence-corrected chi connectivity index (χ3v) is 5.79. The van der Waals surface area contributed by atoms with Crippen molar-refractivity contribution in [3.63, 3.8) is 0 Å². The van der Waals surface area contributed by atoms with E-state index in [1.807, 2.05) is 52.0 Å². The summed E-state index contributed by atoms with van der Waals surface area (Å²) in [4.78, 5) is 53.4. The van der Waals surface area contributed by atoms with Gasteiger partial charge in [0.05, 0.1) is 13.0 Å². The molecule has 3 atom stereocenters. The van der Waals surface area contributed by atoms with E-state index in [2.05, 4.69) is 10.6 Å². The van der Waals surface area contributed by atoms with Crippen molar-refractivity contribution < 1.29 is 28.7 Å². The van der Waals surface area contributed by atoms with E-state index in [1.54, 1.807) is 27.7 Å². The largest absolute Gasteiger partial charge is 0.466 e. The number of benzene rings is 1. The zero-order valence-electron chi connectivity index (χ0n) is 23.7.